The van der Waals surface area contributed by atoms with Crippen LogP contribution in [0.15, 0.2) is 60.7 Å². The number of nitrogens with one attached hydrogen (secondary N) is 2. The van der Waals surface area contributed by atoms with Crippen molar-refractivity contribution in [1.29, 1.82) is 0 Å². The van der Waals surface area contributed by atoms with Crippen molar-refractivity contribution in [2.24, 2.45) is 5.92 Å². The van der Waals surface area contributed by atoms with Crippen LogP contribution in [0.5, 0.6) is 0 Å². The van der Waals surface area contributed by atoms with Crippen molar-refractivity contribution in [1.82, 2.24) is 30.2 Å². The Labute approximate surface area is 345 Å². The maximum absolute atomic E-state index is 14.6. The van der Waals surface area contributed by atoms with Gasteiger partial charge >= 0.3 is 0 Å². The highest BCUT2D eigenvalue weighted by Gasteiger charge is 2.47. The number of likely N-dealkylation sites (tertiary alicyclic amines) is 1. The van der Waals surface area contributed by atoms with Crippen molar-refractivity contribution in [3.05, 3.63) is 94.3 Å². The van der Waals surface area contributed by atoms with E-state index in [0.717, 1.165) is 74.7 Å². The number of halogens is 1. The monoisotopic (exact) mass is 806 g/mol. The van der Waals surface area contributed by atoms with Gasteiger partial charge < -0.3 is 20.0 Å². The molecule has 0 radical (unpaired) electrons. The third kappa shape index (κ3) is 8.35. The summed E-state index contributed by atoms with van der Waals surface area (Å²) < 4.78 is 14.6. The number of hydrogen-bond acceptors (Lipinski definition) is 10. The molecule has 5 aliphatic heterocycles. The molecule has 1 unspecified atom stereocenters. The van der Waals surface area contributed by atoms with Gasteiger partial charge in [0.1, 0.15) is 11.9 Å². The molecule has 0 bridgehead atoms. The van der Waals surface area contributed by atoms with Crippen LogP contribution in [-0.4, -0.2) is 141 Å². The lowest BCUT2D eigenvalue weighted by molar-refractivity contribution is -0.136. The van der Waals surface area contributed by atoms with Crippen molar-refractivity contribution in [2.45, 2.75) is 57.2 Å². The second kappa shape index (κ2) is 17.2. The molecule has 312 valence electrons. The zero-order valence-electron chi connectivity index (χ0n) is 34.3. The molecular weight excluding hydrogens is 752 g/mol. The van der Waals surface area contributed by atoms with E-state index in [1.807, 2.05) is 17.9 Å². The normalized spacial score (nSPS) is 22.9. The molecule has 5 heterocycles. The Kier molecular flexibility index (Phi) is 11.8. The van der Waals surface area contributed by atoms with Gasteiger partial charge in [-0.05, 0) is 88.3 Å². The van der Waals surface area contributed by atoms with E-state index >= 15 is 0 Å². The second-order valence-electron chi connectivity index (χ2n) is 17.0. The van der Waals surface area contributed by atoms with Crippen LogP contribution in [0.1, 0.15) is 69.0 Å². The maximum Gasteiger partial charge on any atom is 0.264 e. The van der Waals surface area contributed by atoms with Gasteiger partial charge in [-0.3, -0.25) is 44.0 Å². The van der Waals surface area contributed by atoms with E-state index < -0.39 is 29.7 Å². The lowest BCUT2D eigenvalue weighted by Crippen LogP contribution is -2.55. The molecule has 0 saturated carbocycles. The smallest absolute Gasteiger partial charge is 0.264 e. The molecule has 8 rings (SSSR count). The van der Waals surface area contributed by atoms with Gasteiger partial charge in [-0.2, -0.15) is 0 Å². The number of piperazine rings is 1. The summed E-state index contributed by atoms with van der Waals surface area (Å²) in [5.41, 5.74) is 5.44. The molecule has 13 nitrogen and oxygen atoms in total. The number of nitrogens with zero attached hydrogens (tertiary/aromatic N) is 6. The molecular formula is C45H55FN8O5. The average Bonchev–Trinajstić information content (AvgIpc) is 3.74. The highest BCUT2D eigenvalue weighted by Crippen LogP contribution is 2.37. The fraction of sp³-hybridized carbons (Fsp3) is 0.489. The predicted molar refractivity (Wildman–Crippen MR) is 223 cm³/mol. The number of carbonyl (C=O) groups excluding carboxylic acids is 5. The first-order chi connectivity index (χ1) is 28.5. The minimum absolute atomic E-state index is 0.0128. The second-order valence-corrected chi connectivity index (χ2v) is 17.0. The Morgan fingerprint density at radius 2 is 1.59 bits per heavy atom. The zero-order chi connectivity index (χ0) is 41.4. The summed E-state index contributed by atoms with van der Waals surface area (Å²) in [6.07, 6.45) is 2.04. The number of carbonyl (C=O) groups is 5. The molecule has 0 aliphatic carbocycles. The molecule has 5 amide bonds. The van der Waals surface area contributed by atoms with Gasteiger partial charge in [-0.25, -0.2) is 4.39 Å². The average molecular weight is 807 g/mol. The molecule has 3 aromatic carbocycles. The van der Waals surface area contributed by atoms with Crippen LogP contribution >= 0.6 is 0 Å². The summed E-state index contributed by atoms with van der Waals surface area (Å²) >= 11 is 0. The number of unbranched alkanes of at least 4 members (excludes halogenated alkanes) is 1. The Bertz CT molecular complexity index is 2080. The van der Waals surface area contributed by atoms with E-state index in [0.29, 0.717) is 43.8 Å². The molecule has 2 N–H and O–H groups in total. The van der Waals surface area contributed by atoms with E-state index in [4.69, 9.17) is 0 Å². The van der Waals surface area contributed by atoms with Gasteiger partial charge in [-0.15, -0.1) is 0 Å². The van der Waals surface area contributed by atoms with Crippen LogP contribution in [-0.2, 0) is 20.9 Å². The zero-order valence-corrected chi connectivity index (χ0v) is 34.3. The van der Waals surface area contributed by atoms with Crippen molar-refractivity contribution in [3.63, 3.8) is 0 Å². The van der Waals surface area contributed by atoms with E-state index in [-0.39, 0.29) is 41.6 Å². The van der Waals surface area contributed by atoms with E-state index in [1.165, 1.54) is 11.3 Å². The molecule has 0 aromatic heterocycles. The van der Waals surface area contributed by atoms with Crippen LogP contribution in [0, 0.1) is 18.7 Å². The van der Waals surface area contributed by atoms with Crippen LogP contribution in [0.25, 0.3) is 0 Å². The van der Waals surface area contributed by atoms with Gasteiger partial charge in [0.25, 0.3) is 11.8 Å². The highest BCUT2D eigenvalue weighted by molar-refractivity contribution is 6.25. The third-order valence-electron chi connectivity index (χ3n) is 13.1. The number of rotatable bonds is 13. The summed E-state index contributed by atoms with van der Waals surface area (Å²) in [4.78, 5) is 76.3. The number of likely N-dealkylation sites (N-methyl/N-ethyl adjacent to an activating group) is 1. The van der Waals surface area contributed by atoms with Crippen molar-refractivity contribution < 1.29 is 28.4 Å². The maximum atomic E-state index is 14.6. The third-order valence-corrected chi connectivity index (χ3v) is 13.1. The Balaban J connectivity index is 0.742. The number of imide groups is 2. The fourth-order valence-electron chi connectivity index (χ4n) is 9.52. The number of anilines is 2. The highest BCUT2D eigenvalue weighted by atomic mass is 19.1. The van der Waals surface area contributed by atoms with Gasteiger partial charge in [-0.1, -0.05) is 30.3 Å². The summed E-state index contributed by atoms with van der Waals surface area (Å²) in [5, 5.41) is 5.31. The minimum atomic E-state index is -1.02. The SMILES string of the molecule is Cc1cccc(F)c1CN1C[C@H](c2ccc(N3CCN(CCCCNC(=O)C4CN(c5cccc6c5C(=O)N(C5CCC(=O)NC5=O)C6=O)C4)CC3)cc2)[C@@H](N(C)C)C1. The molecule has 4 fully saturated rings. The predicted octanol–water partition coefficient (Wildman–Crippen LogP) is 3.22. The number of amides is 5. The Morgan fingerprint density at radius 3 is 2.31 bits per heavy atom. The Hall–Kier alpha value is -5.18. The van der Waals surface area contributed by atoms with Crippen LogP contribution in [0.3, 0.4) is 0 Å². The molecule has 14 heteroatoms. The van der Waals surface area contributed by atoms with Gasteiger partial charge in [0.15, 0.2) is 0 Å². The molecule has 0 spiro atoms. The van der Waals surface area contributed by atoms with Crippen molar-refractivity contribution in [2.75, 3.05) is 89.3 Å². The van der Waals surface area contributed by atoms with Crippen molar-refractivity contribution in [3.8, 4) is 0 Å². The first-order valence-electron chi connectivity index (χ1n) is 21.0. The number of benzene rings is 3. The van der Waals surface area contributed by atoms with E-state index in [9.17, 15) is 28.4 Å². The first kappa shape index (κ1) is 40.6. The van der Waals surface area contributed by atoms with Gasteiger partial charge in [0.2, 0.25) is 17.7 Å². The Morgan fingerprint density at radius 1 is 0.847 bits per heavy atom. The quantitative estimate of drug-likeness (QED) is 0.197. The van der Waals surface area contributed by atoms with Gasteiger partial charge in [0.05, 0.1) is 22.7 Å². The largest absolute Gasteiger partial charge is 0.369 e. The summed E-state index contributed by atoms with van der Waals surface area (Å²) in [6, 6.07) is 18.8. The topological polar surface area (TPSA) is 129 Å². The summed E-state index contributed by atoms with van der Waals surface area (Å²) in [7, 11) is 4.28. The van der Waals surface area contributed by atoms with E-state index in [1.54, 1.807) is 30.3 Å². The van der Waals surface area contributed by atoms with E-state index in [2.05, 4.69) is 68.6 Å². The van der Waals surface area contributed by atoms with Crippen LogP contribution in [0.4, 0.5) is 15.8 Å². The molecule has 4 saturated heterocycles. The van der Waals surface area contributed by atoms with Crippen LogP contribution in [0.2, 0.25) is 0 Å². The standard InChI is InChI=1S/C45H55FN8O5/c1-29-8-6-10-36(46)34(29)26-51-27-35(39(28-51)49(2)3)30-12-14-32(15-13-30)52-22-20-50(21-23-52)19-5-4-18-47-42(56)31-24-53(25-31)37-11-7-9-33-41(37)45(59)54(44(33)58)38-16-17-40(55)48-43(38)57/h6-15,31,35,38-39H,4-5,16-28H2,1-3H3,(H,47,56)(H,48,55,57)/t35-,38?,39+/m1/s1. The molecule has 5 aliphatic rings. The van der Waals surface area contributed by atoms with Crippen LogP contribution < -0.4 is 20.4 Å². The fourth-order valence-corrected chi connectivity index (χ4v) is 9.52. The molecule has 3 aromatic rings. The minimum Gasteiger partial charge on any atom is -0.369 e. The number of piperidine rings is 1. The van der Waals surface area contributed by atoms with Crippen molar-refractivity contribution >= 4 is 40.9 Å². The summed E-state index contributed by atoms with van der Waals surface area (Å²) in [5.74, 6) is -2.13. The lowest BCUT2D eigenvalue weighted by Gasteiger charge is -2.40. The number of hydrogen-bond donors (Lipinski definition) is 2. The summed E-state index contributed by atoms with van der Waals surface area (Å²) in [6.45, 7) is 10.8. The molecule has 59 heavy (non-hydrogen) atoms. The number of aryl methyl sites for hydroxylation is 1. The number of fused-ring (bicyclic) bond motifs is 1. The molecule has 3 atom stereocenters. The lowest BCUT2D eigenvalue weighted by atomic mass is 9.93. The first-order valence-corrected chi connectivity index (χ1v) is 21.0. The van der Waals surface area contributed by atoms with Gasteiger partial charge in [0, 0.05) is 95.1 Å².